The van der Waals surface area contributed by atoms with E-state index in [-0.39, 0.29) is 18.6 Å². The molecule has 2 aliphatic rings. The number of hydrogen-bond donors (Lipinski definition) is 1. The summed E-state index contributed by atoms with van der Waals surface area (Å²) in [5.74, 6) is 1.56. The summed E-state index contributed by atoms with van der Waals surface area (Å²) in [6.45, 7) is 4.11. The minimum absolute atomic E-state index is 0.0822. The quantitative estimate of drug-likeness (QED) is 0.167. The zero-order valence-corrected chi connectivity index (χ0v) is 27.3. The molecule has 2 aromatic carbocycles. The highest BCUT2D eigenvalue weighted by Gasteiger charge is 2.26. The summed E-state index contributed by atoms with van der Waals surface area (Å²) in [6, 6.07) is 19.5. The van der Waals surface area contributed by atoms with Crippen molar-refractivity contribution in [2.24, 2.45) is 0 Å². The zero-order chi connectivity index (χ0) is 33.0. The number of nitrogens with one attached hydrogen (secondary N) is 1. The Labute approximate surface area is 282 Å². The second-order valence-corrected chi connectivity index (χ2v) is 12.6. The predicted molar refractivity (Wildman–Crippen MR) is 180 cm³/mol. The Bertz CT molecular complexity index is 1910. The molecule has 5 heterocycles. The number of carbonyl (C=O) groups is 1. The van der Waals surface area contributed by atoms with Crippen molar-refractivity contribution in [2.45, 2.75) is 51.0 Å². The molecule has 2 saturated heterocycles. The molecule has 7 rings (SSSR count). The van der Waals surface area contributed by atoms with E-state index < -0.39 is 5.82 Å². The summed E-state index contributed by atoms with van der Waals surface area (Å²) >= 11 is 5.87. The van der Waals surface area contributed by atoms with Crippen LogP contribution in [0.4, 0.5) is 10.1 Å². The lowest BCUT2D eigenvalue weighted by molar-refractivity contribution is -0.0592. The van der Waals surface area contributed by atoms with Crippen LogP contribution in [0.3, 0.4) is 0 Å². The fourth-order valence-electron chi connectivity index (χ4n) is 6.17. The first-order chi connectivity index (χ1) is 23.4. The fourth-order valence-corrected chi connectivity index (χ4v) is 6.33. The van der Waals surface area contributed by atoms with Gasteiger partial charge < -0.3 is 24.1 Å². The van der Waals surface area contributed by atoms with E-state index in [0.29, 0.717) is 46.1 Å². The topological polar surface area (TPSA) is 104 Å². The molecule has 10 nitrogen and oxygen atoms in total. The van der Waals surface area contributed by atoms with Crippen molar-refractivity contribution in [3.63, 3.8) is 0 Å². The molecule has 1 N–H and O–H groups in total. The molecule has 2 aliphatic heterocycles. The Morgan fingerprint density at radius 1 is 1.04 bits per heavy atom. The predicted octanol–water partition coefficient (Wildman–Crippen LogP) is 6.63. The Morgan fingerprint density at radius 2 is 1.90 bits per heavy atom. The number of halogens is 2. The number of amides is 1. The number of rotatable bonds is 11. The van der Waals surface area contributed by atoms with Gasteiger partial charge in [0.15, 0.2) is 0 Å². The molecular weight excluding hydrogens is 635 g/mol. The molecule has 0 radical (unpaired) electrons. The highest BCUT2D eigenvalue weighted by atomic mass is 35.5. The number of hydrogen-bond acceptors (Lipinski definition) is 8. The third-order valence-corrected chi connectivity index (χ3v) is 9.21. The number of imidazole rings is 1. The molecule has 0 aliphatic carbocycles. The van der Waals surface area contributed by atoms with Crippen LogP contribution in [0.15, 0.2) is 72.9 Å². The maximum Gasteiger partial charge on any atom is 0.257 e. The number of piperidine rings is 1. The highest BCUT2D eigenvalue weighted by molar-refractivity contribution is 6.30. The van der Waals surface area contributed by atoms with Crippen molar-refractivity contribution in [3.05, 3.63) is 106 Å². The van der Waals surface area contributed by atoms with Crippen LogP contribution < -0.4 is 14.8 Å². The molecule has 2 fully saturated rings. The third-order valence-electron chi connectivity index (χ3n) is 8.98. The number of likely N-dealkylation sites (tertiary alicyclic amines) is 1. The van der Waals surface area contributed by atoms with Crippen LogP contribution in [0.5, 0.6) is 11.8 Å². The number of pyridine rings is 2. The summed E-state index contributed by atoms with van der Waals surface area (Å²) in [5, 5.41) is 3.32. The molecule has 0 unspecified atom stereocenters. The van der Waals surface area contributed by atoms with Crippen LogP contribution >= 0.6 is 11.6 Å². The first-order valence-electron chi connectivity index (χ1n) is 16.1. The summed E-state index contributed by atoms with van der Waals surface area (Å²) in [5.41, 5.74) is 4.36. The van der Waals surface area contributed by atoms with Crippen LogP contribution in [0, 0.1) is 5.82 Å². The van der Waals surface area contributed by atoms with E-state index in [1.807, 2.05) is 30.3 Å². The van der Waals surface area contributed by atoms with Crippen molar-refractivity contribution in [3.8, 4) is 11.8 Å². The average molecular weight is 671 g/mol. The van der Waals surface area contributed by atoms with Crippen molar-refractivity contribution in [2.75, 3.05) is 32.1 Å². The van der Waals surface area contributed by atoms with Gasteiger partial charge in [-0.3, -0.25) is 9.69 Å². The van der Waals surface area contributed by atoms with Crippen LogP contribution in [0.2, 0.25) is 5.02 Å². The largest absolute Gasteiger partial charge is 0.481 e. The molecule has 0 spiro atoms. The van der Waals surface area contributed by atoms with E-state index in [2.05, 4.69) is 19.8 Å². The van der Waals surface area contributed by atoms with Crippen molar-refractivity contribution >= 4 is 34.2 Å². The maximum atomic E-state index is 14.2. The van der Waals surface area contributed by atoms with Gasteiger partial charge in [-0.25, -0.2) is 19.3 Å². The van der Waals surface area contributed by atoms with Gasteiger partial charge in [-0.05, 0) is 74.8 Å². The van der Waals surface area contributed by atoms with E-state index in [4.69, 9.17) is 35.8 Å². The minimum atomic E-state index is -0.394. The average Bonchev–Trinajstić information content (AvgIpc) is 3.42. The molecule has 3 aromatic heterocycles. The molecule has 5 aromatic rings. The van der Waals surface area contributed by atoms with Gasteiger partial charge in [0.1, 0.15) is 18.2 Å². The number of ether oxygens (including phenoxy) is 3. The molecule has 0 bridgehead atoms. The number of benzene rings is 2. The molecule has 1 amide bonds. The van der Waals surface area contributed by atoms with Gasteiger partial charge in [-0.15, -0.1) is 0 Å². The van der Waals surface area contributed by atoms with Crippen LogP contribution in [0.1, 0.15) is 52.6 Å². The molecule has 1 atom stereocenters. The van der Waals surface area contributed by atoms with Crippen LogP contribution in [-0.4, -0.2) is 63.2 Å². The maximum absolute atomic E-state index is 14.2. The highest BCUT2D eigenvalue weighted by Crippen LogP contribution is 2.30. The standard InChI is InChI=1S/C36H36ClFN6O4/c1-46-34-10-6-24(19-39-34)36(45)40-27-8-9-32-31(18-27)41-33(44(32)20-28-13-16-47-28)21-43-14-11-23(12-15-43)30-3-2-4-35(42-30)48-22-25-5-7-26(37)17-29(25)38/h2-10,17-19,23,28H,11-16,20-22H2,1H3,(H,40,45)/t28-/m0/s1. The number of anilines is 1. The molecule has 12 heteroatoms. The van der Waals surface area contributed by atoms with E-state index in [9.17, 15) is 9.18 Å². The summed E-state index contributed by atoms with van der Waals surface area (Å²) in [7, 11) is 1.54. The fraction of sp³-hybridized carbons (Fsp3) is 0.333. The van der Waals surface area contributed by atoms with Gasteiger partial charge >= 0.3 is 0 Å². The molecule has 248 valence electrons. The molecule has 0 saturated carbocycles. The normalized spacial score (nSPS) is 16.9. The van der Waals surface area contributed by atoms with Gasteiger partial charge in [-0.1, -0.05) is 23.7 Å². The van der Waals surface area contributed by atoms with Crippen molar-refractivity contribution < 1.29 is 23.4 Å². The number of aromatic nitrogens is 4. The Kier molecular flexibility index (Phi) is 9.51. The van der Waals surface area contributed by atoms with Gasteiger partial charge in [0.05, 0.1) is 42.9 Å². The van der Waals surface area contributed by atoms with Gasteiger partial charge in [0, 0.05) is 52.8 Å². The van der Waals surface area contributed by atoms with Gasteiger partial charge in [0.2, 0.25) is 11.8 Å². The summed E-state index contributed by atoms with van der Waals surface area (Å²) < 4.78 is 33.2. The smallest absolute Gasteiger partial charge is 0.257 e. The first kappa shape index (κ1) is 32.0. The summed E-state index contributed by atoms with van der Waals surface area (Å²) in [4.78, 5) is 29.2. The minimum Gasteiger partial charge on any atom is -0.481 e. The van der Waals surface area contributed by atoms with E-state index in [1.165, 1.54) is 19.4 Å². The van der Waals surface area contributed by atoms with Crippen LogP contribution in [0.25, 0.3) is 11.0 Å². The number of methoxy groups -OCH3 is 1. The monoisotopic (exact) mass is 670 g/mol. The SMILES string of the molecule is COc1ccc(C(=O)Nc2ccc3c(c2)nc(CN2CCC(c4cccc(OCc5ccc(Cl)cc5F)n4)CC2)n3C[C@@H]2CCO2)cn1. The van der Waals surface area contributed by atoms with Gasteiger partial charge in [-0.2, -0.15) is 0 Å². The zero-order valence-electron chi connectivity index (χ0n) is 26.6. The third kappa shape index (κ3) is 7.28. The van der Waals surface area contributed by atoms with Crippen molar-refractivity contribution in [1.82, 2.24) is 24.4 Å². The van der Waals surface area contributed by atoms with E-state index >= 15 is 0 Å². The van der Waals surface area contributed by atoms with Crippen molar-refractivity contribution in [1.29, 1.82) is 0 Å². The Balaban J connectivity index is 1.01. The second-order valence-electron chi connectivity index (χ2n) is 12.1. The molecule has 48 heavy (non-hydrogen) atoms. The van der Waals surface area contributed by atoms with Gasteiger partial charge in [0.25, 0.3) is 5.91 Å². The summed E-state index contributed by atoms with van der Waals surface area (Å²) in [6.07, 6.45) is 4.59. The first-order valence-corrected chi connectivity index (χ1v) is 16.5. The van der Waals surface area contributed by atoms with E-state index in [1.54, 1.807) is 30.3 Å². The lowest BCUT2D eigenvalue weighted by Crippen LogP contribution is -2.35. The second kappa shape index (κ2) is 14.3. The lowest BCUT2D eigenvalue weighted by atomic mass is 9.93. The molecular formula is C36H36ClFN6O4. The Hall–Kier alpha value is -4.58. The Morgan fingerprint density at radius 3 is 2.62 bits per heavy atom. The number of nitrogens with zero attached hydrogens (tertiary/aromatic N) is 5. The van der Waals surface area contributed by atoms with Crippen LogP contribution in [-0.2, 0) is 24.4 Å². The van der Waals surface area contributed by atoms with E-state index in [0.717, 1.165) is 68.1 Å². The lowest BCUT2D eigenvalue weighted by Gasteiger charge is -2.32. The number of carbonyl (C=O) groups excluding carboxylic acids is 1. The number of fused-ring (bicyclic) bond motifs is 1.